The fourth-order valence-corrected chi connectivity index (χ4v) is 2.78. The van der Waals surface area contributed by atoms with Gasteiger partial charge in [0, 0.05) is 23.7 Å². The first-order chi connectivity index (χ1) is 12.4. The fraction of sp³-hybridized carbons (Fsp3) is 0.450. The molecule has 1 atom stereocenters. The molecule has 0 saturated heterocycles. The van der Waals surface area contributed by atoms with Crippen LogP contribution < -0.4 is 5.32 Å². The molecule has 6 heteroatoms. The smallest absolute Gasteiger partial charge is 0.305 e. The molecule has 1 aromatic heterocycles. The third-order valence-electron chi connectivity index (χ3n) is 4.61. The average molecular weight is 357 g/mol. The molecular formula is C20H27N3O3. The molecule has 0 radical (unpaired) electrons. The molecule has 2 rings (SSSR count). The van der Waals surface area contributed by atoms with Crippen LogP contribution in [0.25, 0.3) is 5.69 Å². The van der Waals surface area contributed by atoms with Crippen LogP contribution in [-0.4, -0.2) is 34.8 Å². The molecule has 140 valence electrons. The monoisotopic (exact) mass is 357 g/mol. The number of hydrogen-bond donors (Lipinski definition) is 1. The van der Waals surface area contributed by atoms with E-state index in [4.69, 9.17) is 4.74 Å². The van der Waals surface area contributed by atoms with Crippen LogP contribution in [0.2, 0.25) is 0 Å². The van der Waals surface area contributed by atoms with Crippen LogP contribution >= 0.6 is 0 Å². The second-order valence-corrected chi connectivity index (χ2v) is 6.47. The lowest BCUT2D eigenvalue weighted by molar-refractivity contribution is -0.140. The normalized spacial score (nSPS) is 11.9. The van der Waals surface area contributed by atoms with Gasteiger partial charge in [-0.05, 0) is 63.4 Å². The van der Waals surface area contributed by atoms with Gasteiger partial charge < -0.3 is 10.1 Å². The predicted molar refractivity (Wildman–Crippen MR) is 101 cm³/mol. The van der Waals surface area contributed by atoms with E-state index in [-0.39, 0.29) is 17.9 Å². The number of nitrogens with one attached hydrogen (secondary N) is 1. The van der Waals surface area contributed by atoms with E-state index in [0.717, 1.165) is 29.1 Å². The zero-order valence-electron chi connectivity index (χ0n) is 16.1. The molecule has 0 spiro atoms. The molecule has 1 N–H and O–H groups in total. The summed E-state index contributed by atoms with van der Waals surface area (Å²) in [5.41, 5.74) is 4.44. The minimum atomic E-state index is -0.228. The third kappa shape index (κ3) is 4.50. The van der Waals surface area contributed by atoms with Gasteiger partial charge in [0.25, 0.3) is 5.91 Å². The lowest BCUT2D eigenvalue weighted by Gasteiger charge is -2.12. The Hall–Kier alpha value is -2.63. The summed E-state index contributed by atoms with van der Waals surface area (Å²) in [6, 6.07) is 7.52. The van der Waals surface area contributed by atoms with Gasteiger partial charge in [-0.3, -0.25) is 9.59 Å². The zero-order valence-corrected chi connectivity index (χ0v) is 16.1. The van der Waals surface area contributed by atoms with E-state index in [0.29, 0.717) is 18.4 Å². The number of methoxy groups -OCH3 is 1. The van der Waals surface area contributed by atoms with Gasteiger partial charge in [0.1, 0.15) is 0 Å². The van der Waals surface area contributed by atoms with E-state index < -0.39 is 0 Å². The van der Waals surface area contributed by atoms with Crippen molar-refractivity contribution in [1.29, 1.82) is 0 Å². The van der Waals surface area contributed by atoms with Gasteiger partial charge in [0.15, 0.2) is 0 Å². The lowest BCUT2D eigenvalue weighted by atomic mass is 10.1. The predicted octanol–water partition coefficient (Wildman–Crippen LogP) is 3.12. The van der Waals surface area contributed by atoms with Gasteiger partial charge in [0.05, 0.1) is 18.5 Å². The van der Waals surface area contributed by atoms with Crippen LogP contribution in [0.3, 0.4) is 0 Å². The molecule has 1 unspecified atom stereocenters. The fourth-order valence-electron chi connectivity index (χ4n) is 2.78. The molecule has 6 nitrogen and oxygen atoms in total. The average Bonchev–Trinajstić information content (AvgIpc) is 2.93. The number of carbonyl (C=O) groups excluding carboxylic acids is 2. The Bertz CT molecular complexity index is 778. The van der Waals surface area contributed by atoms with Crippen LogP contribution in [0, 0.1) is 13.8 Å². The van der Waals surface area contributed by atoms with Crippen LogP contribution in [0.1, 0.15) is 54.0 Å². The number of esters is 1. The summed E-state index contributed by atoms with van der Waals surface area (Å²) in [6.07, 6.45) is 1.82. The molecule has 1 amide bonds. The Balaban J connectivity index is 2.19. The summed E-state index contributed by atoms with van der Waals surface area (Å²) >= 11 is 0. The standard InChI is InChI=1S/C20H27N3O3/c1-6-13(2)21-20(25)16-7-9-17(10-8-16)23-15(4)18(14(3)22-23)11-12-19(24)26-5/h7-10,13H,6,11-12H2,1-5H3,(H,21,25). The van der Waals surface area contributed by atoms with E-state index in [1.165, 1.54) is 7.11 Å². The highest BCUT2D eigenvalue weighted by molar-refractivity contribution is 5.94. The minimum absolute atomic E-state index is 0.0713. The maximum Gasteiger partial charge on any atom is 0.305 e. The summed E-state index contributed by atoms with van der Waals surface area (Å²) < 4.78 is 6.56. The Labute approximate surface area is 154 Å². The first-order valence-corrected chi connectivity index (χ1v) is 8.90. The number of hydrogen-bond acceptors (Lipinski definition) is 4. The number of rotatable bonds is 7. The number of amides is 1. The van der Waals surface area contributed by atoms with Crippen molar-refractivity contribution in [2.45, 2.75) is 53.0 Å². The van der Waals surface area contributed by atoms with E-state index in [2.05, 4.69) is 10.4 Å². The van der Waals surface area contributed by atoms with Gasteiger partial charge in [-0.25, -0.2) is 4.68 Å². The summed E-state index contributed by atoms with van der Waals surface area (Å²) in [4.78, 5) is 23.6. The number of ether oxygens (including phenoxy) is 1. The molecule has 1 heterocycles. The molecule has 0 fully saturated rings. The first-order valence-electron chi connectivity index (χ1n) is 8.90. The van der Waals surface area contributed by atoms with Crippen molar-refractivity contribution < 1.29 is 14.3 Å². The lowest BCUT2D eigenvalue weighted by Crippen LogP contribution is -2.31. The van der Waals surface area contributed by atoms with Crippen molar-refractivity contribution in [3.63, 3.8) is 0 Å². The molecule has 0 aliphatic carbocycles. The summed E-state index contributed by atoms with van der Waals surface area (Å²) in [5, 5.41) is 7.54. The Morgan fingerprint density at radius 1 is 1.23 bits per heavy atom. The molecule has 0 aliphatic heterocycles. The number of benzene rings is 1. The second-order valence-electron chi connectivity index (χ2n) is 6.47. The Kier molecular flexibility index (Phi) is 6.55. The number of nitrogens with zero attached hydrogens (tertiary/aromatic N) is 2. The van der Waals surface area contributed by atoms with Crippen molar-refractivity contribution in [1.82, 2.24) is 15.1 Å². The molecule has 0 bridgehead atoms. The van der Waals surface area contributed by atoms with E-state index in [1.54, 1.807) is 12.1 Å². The maximum absolute atomic E-state index is 12.2. The molecular weight excluding hydrogens is 330 g/mol. The van der Waals surface area contributed by atoms with Crippen LogP contribution in [0.5, 0.6) is 0 Å². The number of aromatic nitrogens is 2. The van der Waals surface area contributed by atoms with Crippen molar-refractivity contribution >= 4 is 11.9 Å². The van der Waals surface area contributed by atoms with Crippen molar-refractivity contribution in [2.24, 2.45) is 0 Å². The molecule has 0 aliphatic rings. The van der Waals surface area contributed by atoms with Crippen molar-refractivity contribution in [3.8, 4) is 5.69 Å². The highest BCUT2D eigenvalue weighted by Gasteiger charge is 2.15. The largest absolute Gasteiger partial charge is 0.469 e. The molecule has 0 saturated carbocycles. The van der Waals surface area contributed by atoms with Gasteiger partial charge in [0.2, 0.25) is 0 Å². The number of aryl methyl sites for hydroxylation is 1. The second kappa shape index (κ2) is 8.65. The molecule has 1 aromatic carbocycles. The Morgan fingerprint density at radius 2 is 1.88 bits per heavy atom. The highest BCUT2D eigenvalue weighted by Crippen LogP contribution is 2.20. The topological polar surface area (TPSA) is 73.2 Å². The summed E-state index contributed by atoms with van der Waals surface area (Å²) in [7, 11) is 1.39. The minimum Gasteiger partial charge on any atom is -0.469 e. The van der Waals surface area contributed by atoms with Gasteiger partial charge in [-0.1, -0.05) is 6.92 Å². The van der Waals surface area contributed by atoms with E-state index in [1.807, 2.05) is 44.5 Å². The maximum atomic E-state index is 12.2. The van der Waals surface area contributed by atoms with Gasteiger partial charge >= 0.3 is 5.97 Å². The van der Waals surface area contributed by atoms with E-state index in [9.17, 15) is 9.59 Å². The van der Waals surface area contributed by atoms with Crippen LogP contribution in [0.4, 0.5) is 0 Å². The van der Waals surface area contributed by atoms with E-state index >= 15 is 0 Å². The first kappa shape index (κ1) is 19.7. The number of carbonyl (C=O) groups is 2. The Morgan fingerprint density at radius 3 is 2.46 bits per heavy atom. The van der Waals surface area contributed by atoms with Crippen LogP contribution in [-0.2, 0) is 16.0 Å². The summed E-state index contributed by atoms with van der Waals surface area (Å²) in [5.74, 6) is -0.300. The quantitative estimate of drug-likeness (QED) is 0.773. The van der Waals surface area contributed by atoms with Crippen molar-refractivity contribution in [3.05, 3.63) is 46.8 Å². The van der Waals surface area contributed by atoms with Crippen LogP contribution in [0.15, 0.2) is 24.3 Å². The highest BCUT2D eigenvalue weighted by atomic mass is 16.5. The van der Waals surface area contributed by atoms with Gasteiger partial charge in [-0.2, -0.15) is 5.10 Å². The van der Waals surface area contributed by atoms with Crippen molar-refractivity contribution in [2.75, 3.05) is 7.11 Å². The molecule has 2 aromatic rings. The third-order valence-corrected chi connectivity index (χ3v) is 4.61. The molecule has 26 heavy (non-hydrogen) atoms. The summed E-state index contributed by atoms with van der Waals surface area (Å²) in [6.45, 7) is 7.94. The zero-order chi connectivity index (χ0) is 19.3. The van der Waals surface area contributed by atoms with Gasteiger partial charge in [-0.15, -0.1) is 0 Å². The SMILES string of the molecule is CCC(C)NC(=O)c1ccc(-n2nc(C)c(CCC(=O)OC)c2C)cc1.